The van der Waals surface area contributed by atoms with Crippen molar-refractivity contribution in [1.29, 1.82) is 0 Å². The SMILES string of the molecule is CCCCCC[Si](CCCCCC)(C1C(C)=Cc2c(-c3ccc(C(C)(C)C)cc3)cccc21)C1C(C)=Cc2c(-c3ccc(C(C)(C)C)cc3)cccc21. The van der Waals surface area contributed by atoms with Crippen LogP contribution in [0.3, 0.4) is 0 Å². The second kappa shape index (κ2) is 16.1. The number of rotatable bonds is 14. The van der Waals surface area contributed by atoms with Crippen molar-refractivity contribution in [3.05, 3.63) is 129 Å². The fourth-order valence-corrected chi connectivity index (χ4v) is 17.3. The maximum Gasteiger partial charge on any atom is 0.0781 e. The van der Waals surface area contributed by atoms with E-state index in [1.165, 1.54) is 108 Å². The van der Waals surface area contributed by atoms with Gasteiger partial charge in [-0.15, -0.1) is 0 Å². The third kappa shape index (κ3) is 8.03. The molecule has 0 spiro atoms. The minimum atomic E-state index is -2.11. The number of fused-ring (bicyclic) bond motifs is 2. The molecule has 0 radical (unpaired) electrons. The van der Waals surface area contributed by atoms with E-state index in [0.717, 1.165) is 0 Å². The molecule has 0 saturated carbocycles. The van der Waals surface area contributed by atoms with Gasteiger partial charge in [-0.3, -0.25) is 0 Å². The van der Waals surface area contributed by atoms with Crippen molar-refractivity contribution in [1.82, 2.24) is 0 Å². The average molecular weight is 721 g/mol. The first kappa shape index (κ1) is 39.3. The first-order valence-corrected chi connectivity index (χ1v) is 23.7. The topological polar surface area (TPSA) is 0 Å². The van der Waals surface area contributed by atoms with Crippen LogP contribution in [0.1, 0.15) is 165 Å². The summed E-state index contributed by atoms with van der Waals surface area (Å²) in [6, 6.07) is 36.3. The van der Waals surface area contributed by atoms with Crippen LogP contribution in [0.2, 0.25) is 12.1 Å². The molecule has 1 heteroatoms. The Kier molecular flexibility index (Phi) is 11.9. The zero-order chi connectivity index (χ0) is 38.0. The molecule has 0 bridgehead atoms. The molecule has 0 fully saturated rings. The highest BCUT2D eigenvalue weighted by Gasteiger charge is 2.52. The number of hydrogen-bond acceptors (Lipinski definition) is 0. The summed E-state index contributed by atoms with van der Waals surface area (Å²) in [6.45, 7) is 23.6. The normalized spacial score (nSPS) is 17.1. The smallest absolute Gasteiger partial charge is 0.0678 e. The Morgan fingerprint density at radius 3 is 1.19 bits per heavy atom. The number of benzene rings is 4. The molecule has 53 heavy (non-hydrogen) atoms. The zero-order valence-electron chi connectivity index (χ0n) is 35.0. The van der Waals surface area contributed by atoms with Crippen LogP contribution in [0.15, 0.2) is 96.1 Å². The van der Waals surface area contributed by atoms with Crippen LogP contribution in [0.25, 0.3) is 34.4 Å². The lowest BCUT2D eigenvalue weighted by Gasteiger charge is -2.45. The molecule has 0 heterocycles. The van der Waals surface area contributed by atoms with E-state index in [-0.39, 0.29) is 10.8 Å². The summed E-state index contributed by atoms with van der Waals surface area (Å²) in [4.78, 5) is 0. The maximum absolute atomic E-state index is 2.62. The second-order valence-corrected chi connectivity index (χ2v) is 23.4. The van der Waals surface area contributed by atoms with Crippen LogP contribution < -0.4 is 0 Å². The Hall–Kier alpha value is -3.42. The van der Waals surface area contributed by atoms with E-state index >= 15 is 0 Å². The van der Waals surface area contributed by atoms with E-state index in [9.17, 15) is 0 Å². The van der Waals surface area contributed by atoms with Gasteiger partial charge < -0.3 is 0 Å². The summed E-state index contributed by atoms with van der Waals surface area (Å²) in [5.41, 5.74) is 19.1. The molecule has 0 N–H and O–H groups in total. The highest BCUT2D eigenvalue weighted by Crippen LogP contribution is 2.58. The van der Waals surface area contributed by atoms with Crippen molar-refractivity contribution in [2.24, 2.45) is 0 Å². The zero-order valence-corrected chi connectivity index (χ0v) is 36.0. The molecule has 2 aliphatic rings. The minimum absolute atomic E-state index is 0.151. The molecule has 0 nitrogen and oxygen atoms in total. The monoisotopic (exact) mass is 721 g/mol. The highest BCUT2D eigenvalue weighted by atomic mass is 28.3. The lowest BCUT2D eigenvalue weighted by Crippen LogP contribution is -2.48. The van der Waals surface area contributed by atoms with Gasteiger partial charge in [-0.05, 0) is 80.3 Å². The van der Waals surface area contributed by atoms with Crippen molar-refractivity contribution >= 4 is 20.2 Å². The van der Waals surface area contributed by atoms with Gasteiger partial charge in [-0.1, -0.05) is 227 Å². The van der Waals surface area contributed by atoms with Crippen LogP contribution in [-0.4, -0.2) is 8.07 Å². The molecule has 2 atom stereocenters. The van der Waals surface area contributed by atoms with E-state index < -0.39 is 8.07 Å². The van der Waals surface area contributed by atoms with E-state index in [0.29, 0.717) is 11.1 Å². The molecule has 0 saturated heterocycles. The molecular weight excluding hydrogens is 653 g/mol. The summed E-state index contributed by atoms with van der Waals surface area (Å²) in [5, 5.41) is 0. The third-order valence-corrected chi connectivity index (χ3v) is 19.2. The Balaban J connectivity index is 1.50. The summed E-state index contributed by atoms with van der Waals surface area (Å²) >= 11 is 0. The van der Waals surface area contributed by atoms with Crippen molar-refractivity contribution in [3.8, 4) is 22.3 Å². The van der Waals surface area contributed by atoms with Crippen molar-refractivity contribution in [2.75, 3.05) is 0 Å². The fourth-order valence-electron chi connectivity index (χ4n) is 10.1. The number of unbranched alkanes of at least 4 members (excludes halogenated alkanes) is 6. The lowest BCUT2D eigenvalue weighted by atomic mass is 9.86. The van der Waals surface area contributed by atoms with E-state index in [1.54, 1.807) is 22.3 Å². The third-order valence-electron chi connectivity index (χ3n) is 12.8. The van der Waals surface area contributed by atoms with Gasteiger partial charge in [0.05, 0.1) is 8.07 Å². The summed E-state index contributed by atoms with van der Waals surface area (Å²) in [7, 11) is -2.11. The van der Waals surface area contributed by atoms with Gasteiger partial charge in [-0.2, -0.15) is 0 Å². The predicted octanol–water partition coefficient (Wildman–Crippen LogP) is 16.0. The van der Waals surface area contributed by atoms with Crippen LogP contribution in [0.5, 0.6) is 0 Å². The van der Waals surface area contributed by atoms with Crippen LogP contribution in [0.4, 0.5) is 0 Å². The number of hydrogen-bond donors (Lipinski definition) is 0. The van der Waals surface area contributed by atoms with Gasteiger partial charge in [-0.25, -0.2) is 0 Å². The van der Waals surface area contributed by atoms with Crippen LogP contribution in [0, 0.1) is 0 Å². The van der Waals surface area contributed by atoms with Crippen LogP contribution >= 0.6 is 0 Å². The Morgan fingerprint density at radius 2 is 0.849 bits per heavy atom. The van der Waals surface area contributed by atoms with Gasteiger partial charge in [0.2, 0.25) is 0 Å². The minimum Gasteiger partial charge on any atom is -0.0678 e. The van der Waals surface area contributed by atoms with Gasteiger partial charge in [0.25, 0.3) is 0 Å². The second-order valence-electron chi connectivity index (χ2n) is 18.8. The van der Waals surface area contributed by atoms with Crippen LogP contribution in [-0.2, 0) is 10.8 Å². The largest absolute Gasteiger partial charge is 0.0781 e. The molecule has 4 aromatic carbocycles. The molecule has 2 aliphatic carbocycles. The highest BCUT2D eigenvalue weighted by molar-refractivity contribution is 6.84. The molecular formula is C52H68Si. The standard InChI is InChI=1S/C52H68Si/c1-11-13-15-17-33-53(34-18-16-14-12-2,49-37(3)35-47-43(21-19-23-45(47)49)39-25-29-41(30-26-39)51(5,6)7)50-38(4)36-48-44(22-20-24-46(48)50)40-27-31-42(32-28-40)52(8,9)10/h19-32,35-36,49-50H,11-18,33-34H2,1-10H3. The summed E-state index contributed by atoms with van der Waals surface area (Å²) < 4.78 is 0. The molecule has 280 valence electrons. The van der Waals surface area contributed by atoms with E-state index in [1.807, 2.05) is 0 Å². The van der Waals surface area contributed by atoms with Gasteiger partial charge >= 0.3 is 0 Å². The quantitative estimate of drug-likeness (QED) is 0.0899. The molecule has 0 aromatic heterocycles. The van der Waals surface area contributed by atoms with E-state index in [4.69, 9.17) is 0 Å². The van der Waals surface area contributed by atoms with Crippen molar-refractivity contribution < 1.29 is 0 Å². The summed E-state index contributed by atoms with van der Waals surface area (Å²) in [5.74, 6) is 0. The molecule has 0 amide bonds. The Bertz CT molecular complexity index is 1780. The fraction of sp³-hybridized carbons (Fsp3) is 0.462. The maximum atomic E-state index is 2.62. The van der Waals surface area contributed by atoms with E-state index in [2.05, 4.69) is 166 Å². The first-order chi connectivity index (χ1) is 25.3. The molecule has 4 aromatic rings. The average Bonchev–Trinajstić information content (AvgIpc) is 3.66. The van der Waals surface area contributed by atoms with Gasteiger partial charge in [0.1, 0.15) is 0 Å². The van der Waals surface area contributed by atoms with Crippen molar-refractivity contribution in [2.45, 2.75) is 155 Å². The van der Waals surface area contributed by atoms with Crippen molar-refractivity contribution in [3.63, 3.8) is 0 Å². The predicted molar refractivity (Wildman–Crippen MR) is 238 cm³/mol. The Morgan fingerprint density at radius 1 is 0.472 bits per heavy atom. The molecule has 2 unspecified atom stereocenters. The lowest BCUT2D eigenvalue weighted by molar-refractivity contribution is 0.590. The molecule has 0 aliphatic heterocycles. The Labute approximate surface area is 325 Å². The van der Waals surface area contributed by atoms with Gasteiger partial charge in [0, 0.05) is 11.1 Å². The van der Waals surface area contributed by atoms with Gasteiger partial charge in [0.15, 0.2) is 0 Å². The first-order valence-electron chi connectivity index (χ1n) is 21.1. The molecule has 6 rings (SSSR count). The number of allylic oxidation sites excluding steroid dienone is 2. The summed E-state index contributed by atoms with van der Waals surface area (Å²) in [6.07, 6.45) is 15.9.